The predicted molar refractivity (Wildman–Crippen MR) is 115 cm³/mol. The van der Waals surface area contributed by atoms with E-state index in [1.54, 1.807) is 17.9 Å². The first-order valence-electron chi connectivity index (χ1n) is 10.1. The number of nitrogens with one attached hydrogen (secondary N) is 1. The van der Waals surface area contributed by atoms with E-state index in [9.17, 15) is 14.4 Å². The Bertz CT molecular complexity index is 1010. The molecule has 0 atom stereocenters. The molecule has 0 saturated heterocycles. The van der Waals surface area contributed by atoms with Gasteiger partial charge in [-0.05, 0) is 62.8 Å². The summed E-state index contributed by atoms with van der Waals surface area (Å²) < 4.78 is 10.5. The molecule has 1 aliphatic heterocycles. The smallest absolute Gasteiger partial charge is 0.341 e. The molecule has 0 unspecified atom stereocenters. The van der Waals surface area contributed by atoms with Crippen LogP contribution in [-0.2, 0) is 27.2 Å². The topological polar surface area (TPSA) is 84.9 Å². The van der Waals surface area contributed by atoms with Crippen molar-refractivity contribution in [2.45, 2.75) is 39.5 Å². The summed E-state index contributed by atoms with van der Waals surface area (Å²) in [7, 11) is 0. The second-order valence-electron chi connectivity index (χ2n) is 7.48. The number of esters is 2. The lowest BCUT2D eigenvalue weighted by Crippen LogP contribution is -2.41. The molecule has 1 aromatic heterocycles. The quantitative estimate of drug-likeness (QED) is 0.580. The highest BCUT2D eigenvalue weighted by Crippen LogP contribution is 2.39. The SMILES string of the molecule is CCOC(=O)c1c(NC(=O)CN2CC(=O)Oc3ccc(C)cc32)sc2c1CCCC2. The average molecular weight is 429 g/mol. The molecule has 1 aliphatic carbocycles. The molecule has 30 heavy (non-hydrogen) atoms. The third-order valence-electron chi connectivity index (χ3n) is 5.24. The van der Waals surface area contributed by atoms with Gasteiger partial charge in [-0.1, -0.05) is 6.07 Å². The number of aryl methyl sites for hydroxylation is 2. The fourth-order valence-electron chi connectivity index (χ4n) is 3.91. The van der Waals surface area contributed by atoms with Crippen LogP contribution in [0.3, 0.4) is 0 Å². The van der Waals surface area contributed by atoms with Gasteiger partial charge in [0.25, 0.3) is 0 Å². The first-order valence-corrected chi connectivity index (χ1v) is 11.0. The summed E-state index contributed by atoms with van der Waals surface area (Å²) >= 11 is 1.45. The Labute approximate surface area is 179 Å². The molecule has 2 aromatic rings. The lowest BCUT2D eigenvalue weighted by molar-refractivity contribution is -0.133. The molecule has 0 saturated carbocycles. The number of thiophene rings is 1. The van der Waals surface area contributed by atoms with Gasteiger partial charge >= 0.3 is 11.9 Å². The summed E-state index contributed by atoms with van der Waals surface area (Å²) in [6, 6.07) is 5.49. The summed E-state index contributed by atoms with van der Waals surface area (Å²) in [6.45, 7) is 3.97. The normalized spacial score (nSPS) is 15.1. The monoisotopic (exact) mass is 428 g/mol. The van der Waals surface area contributed by atoms with Crippen LogP contribution in [0.1, 0.15) is 46.1 Å². The summed E-state index contributed by atoms with van der Waals surface area (Å²) in [4.78, 5) is 40.2. The standard InChI is InChI=1S/C22H24N2O5S/c1-3-28-22(27)20-14-6-4-5-7-17(14)30-21(20)23-18(25)11-24-12-19(26)29-16-9-8-13(2)10-15(16)24/h8-10H,3-7,11-12H2,1-2H3,(H,23,25). The van der Waals surface area contributed by atoms with Crippen molar-refractivity contribution >= 4 is 39.9 Å². The zero-order valence-corrected chi connectivity index (χ0v) is 17.9. The first-order chi connectivity index (χ1) is 14.5. The Balaban J connectivity index is 1.57. The Morgan fingerprint density at radius 3 is 2.87 bits per heavy atom. The van der Waals surface area contributed by atoms with E-state index in [0.717, 1.165) is 41.7 Å². The van der Waals surface area contributed by atoms with E-state index in [0.29, 0.717) is 22.0 Å². The minimum Gasteiger partial charge on any atom is -0.462 e. The van der Waals surface area contributed by atoms with Gasteiger partial charge in [0.15, 0.2) is 5.75 Å². The van der Waals surface area contributed by atoms with E-state index < -0.39 is 11.9 Å². The summed E-state index contributed by atoms with van der Waals surface area (Å²) in [5.74, 6) is -0.641. The number of carbonyl (C=O) groups is 3. The summed E-state index contributed by atoms with van der Waals surface area (Å²) in [5.41, 5.74) is 3.20. The fraction of sp³-hybridized carbons (Fsp3) is 0.409. The van der Waals surface area contributed by atoms with Crippen molar-refractivity contribution in [1.29, 1.82) is 0 Å². The highest BCUT2D eigenvalue weighted by molar-refractivity contribution is 7.17. The van der Waals surface area contributed by atoms with Gasteiger partial charge in [-0.15, -0.1) is 11.3 Å². The third kappa shape index (κ3) is 4.05. The maximum absolute atomic E-state index is 12.9. The molecule has 1 aromatic carbocycles. The lowest BCUT2D eigenvalue weighted by Gasteiger charge is -2.29. The molecule has 2 heterocycles. The number of anilines is 2. The molecular formula is C22H24N2O5S. The van der Waals surface area contributed by atoms with Gasteiger partial charge < -0.3 is 19.7 Å². The van der Waals surface area contributed by atoms with Crippen LogP contribution in [0.25, 0.3) is 0 Å². The van der Waals surface area contributed by atoms with E-state index in [2.05, 4.69) is 5.32 Å². The molecule has 7 nitrogen and oxygen atoms in total. The third-order valence-corrected chi connectivity index (χ3v) is 6.44. The number of hydrogen-bond acceptors (Lipinski definition) is 7. The second kappa shape index (κ2) is 8.47. The van der Waals surface area contributed by atoms with Crippen molar-refractivity contribution in [2.24, 2.45) is 0 Å². The molecule has 0 spiro atoms. The number of amides is 1. The number of benzene rings is 1. The van der Waals surface area contributed by atoms with Crippen LogP contribution in [0, 0.1) is 6.92 Å². The largest absolute Gasteiger partial charge is 0.462 e. The number of rotatable bonds is 5. The van der Waals surface area contributed by atoms with Gasteiger partial charge in [-0.2, -0.15) is 0 Å². The number of hydrogen-bond donors (Lipinski definition) is 1. The van der Waals surface area contributed by atoms with Crippen LogP contribution < -0.4 is 15.0 Å². The van der Waals surface area contributed by atoms with Crippen LogP contribution in [0.15, 0.2) is 18.2 Å². The minimum atomic E-state index is -0.405. The molecule has 8 heteroatoms. The number of carbonyl (C=O) groups excluding carboxylic acids is 3. The zero-order chi connectivity index (χ0) is 21.3. The van der Waals surface area contributed by atoms with Gasteiger partial charge in [-0.25, -0.2) is 9.59 Å². The molecule has 1 N–H and O–H groups in total. The molecular weight excluding hydrogens is 404 g/mol. The summed E-state index contributed by atoms with van der Waals surface area (Å²) in [6.07, 6.45) is 3.83. The molecule has 2 aliphatic rings. The van der Waals surface area contributed by atoms with Gasteiger partial charge in [-0.3, -0.25) is 4.79 Å². The van der Waals surface area contributed by atoms with Crippen LogP contribution in [0.2, 0.25) is 0 Å². The van der Waals surface area contributed by atoms with Crippen molar-refractivity contribution in [3.8, 4) is 5.75 Å². The lowest BCUT2D eigenvalue weighted by atomic mass is 9.95. The van der Waals surface area contributed by atoms with Crippen molar-refractivity contribution in [3.05, 3.63) is 39.8 Å². The Morgan fingerprint density at radius 2 is 2.07 bits per heavy atom. The maximum atomic E-state index is 12.9. The minimum absolute atomic E-state index is 0.00442. The molecule has 0 fully saturated rings. The van der Waals surface area contributed by atoms with Gasteiger partial charge in [0, 0.05) is 4.88 Å². The number of nitrogens with zero attached hydrogens (tertiary/aromatic N) is 1. The molecule has 158 valence electrons. The van der Waals surface area contributed by atoms with Crippen molar-refractivity contribution in [2.75, 3.05) is 29.9 Å². The molecule has 0 radical (unpaired) electrons. The van der Waals surface area contributed by atoms with E-state index in [4.69, 9.17) is 9.47 Å². The number of fused-ring (bicyclic) bond motifs is 2. The van der Waals surface area contributed by atoms with Crippen molar-refractivity contribution in [1.82, 2.24) is 0 Å². The van der Waals surface area contributed by atoms with E-state index in [-0.39, 0.29) is 25.6 Å². The van der Waals surface area contributed by atoms with Crippen LogP contribution in [0.4, 0.5) is 10.7 Å². The second-order valence-corrected chi connectivity index (χ2v) is 8.59. The Morgan fingerprint density at radius 1 is 1.27 bits per heavy atom. The predicted octanol–water partition coefficient (Wildman–Crippen LogP) is 3.48. The van der Waals surface area contributed by atoms with Gasteiger partial charge in [0.2, 0.25) is 5.91 Å². The Hall–Kier alpha value is -2.87. The molecule has 0 bridgehead atoms. The molecule has 4 rings (SSSR count). The van der Waals surface area contributed by atoms with Gasteiger partial charge in [0.05, 0.1) is 24.4 Å². The maximum Gasteiger partial charge on any atom is 0.341 e. The zero-order valence-electron chi connectivity index (χ0n) is 17.1. The summed E-state index contributed by atoms with van der Waals surface area (Å²) in [5, 5.41) is 3.44. The van der Waals surface area contributed by atoms with Crippen molar-refractivity contribution in [3.63, 3.8) is 0 Å². The van der Waals surface area contributed by atoms with Crippen LogP contribution in [-0.4, -0.2) is 37.5 Å². The van der Waals surface area contributed by atoms with Crippen LogP contribution in [0.5, 0.6) is 5.75 Å². The highest BCUT2D eigenvalue weighted by Gasteiger charge is 2.29. The van der Waals surface area contributed by atoms with Crippen molar-refractivity contribution < 1.29 is 23.9 Å². The number of ether oxygens (including phenoxy) is 2. The van der Waals surface area contributed by atoms with E-state index >= 15 is 0 Å². The Kier molecular flexibility index (Phi) is 5.76. The average Bonchev–Trinajstić information content (AvgIpc) is 3.06. The van der Waals surface area contributed by atoms with Crippen LogP contribution >= 0.6 is 11.3 Å². The van der Waals surface area contributed by atoms with E-state index in [1.807, 2.05) is 19.1 Å². The van der Waals surface area contributed by atoms with Gasteiger partial charge in [0.1, 0.15) is 11.5 Å². The highest BCUT2D eigenvalue weighted by atomic mass is 32.1. The van der Waals surface area contributed by atoms with E-state index in [1.165, 1.54) is 11.3 Å². The molecule has 1 amide bonds. The first kappa shape index (κ1) is 20.4. The fourth-order valence-corrected chi connectivity index (χ4v) is 5.20.